The van der Waals surface area contributed by atoms with Gasteiger partial charge in [-0.3, -0.25) is 5.43 Å². The van der Waals surface area contributed by atoms with Crippen molar-refractivity contribution < 1.29 is 0 Å². The molecule has 0 bridgehead atoms. The highest BCUT2D eigenvalue weighted by molar-refractivity contribution is 5.82. The molecule has 1 unspecified atom stereocenters. The zero-order valence-corrected chi connectivity index (χ0v) is 8.75. The number of rotatable bonds is 1. The minimum atomic E-state index is 0.0147. The molecule has 0 saturated carbocycles. The Labute approximate surface area is 85.0 Å². The molecule has 1 aromatic carbocycles. The fourth-order valence-corrected chi connectivity index (χ4v) is 1.78. The molecule has 1 heterocycles. The molecule has 0 spiro atoms. The number of hydrogen-bond donors (Lipinski definition) is 1. The molecule has 0 radical (unpaired) electrons. The van der Waals surface area contributed by atoms with Crippen LogP contribution in [0.15, 0.2) is 35.4 Å². The van der Waals surface area contributed by atoms with Crippen LogP contribution in [0.4, 0.5) is 0 Å². The fraction of sp³-hybridized carbons (Fsp3) is 0.417. The standard InChI is InChI=1S/C12H16N2/c1-10-8-9-12(2,14-13-10)11-6-4-3-5-7-11/h3-7,14H,8-9H2,1-2H3. The summed E-state index contributed by atoms with van der Waals surface area (Å²) in [6, 6.07) is 10.5. The Balaban J connectivity index is 2.26. The first-order chi connectivity index (χ1) is 6.71. The lowest BCUT2D eigenvalue weighted by Gasteiger charge is -2.33. The smallest absolute Gasteiger partial charge is 0.0772 e. The fourth-order valence-electron chi connectivity index (χ4n) is 1.78. The summed E-state index contributed by atoms with van der Waals surface area (Å²) >= 11 is 0. The van der Waals surface area contributed by atoms with Gasteiger partial charge in [-0.1, -0.05) is 30.3 Å². The van der Waals surface area contributed by atoms with Gasteiger partial charge in [-0.05, 0) is 32.3 Å². The van der Waals surface area contributed by atoms with E-state index in [0.29, 0.717) is 0 Å². The van der Waals surface area contributed by atoms with Crippen LogP contribution in [0, 0.1) is 0 Å². The first-order valence-electron chi connectivity index (χ1n) is 5.07. The summed E-state index contributed by atoms with van der Waals surface area (Å²) in [4.78, 5) is 0. The van der Waals surface area contributed by atoms with Crippen molar-refractivity contribution in [2.75, 3.05) is 0 Å². The Bertz CT molecular complexity index is 343. The van der Waals surface area contributed by atoms with Gasteiger partial charge in [-0.15, -0.1) is 0 Å². The number of nitrogens with zero attached hydrogens (tertiary/aromatic N) is 1. The van der Waals surface area contributed by atoms with Gasteiger partial charge in [0.2, 0.25) is 0 Å². The highest BCUT2D eigenvalue weighted by Gasteiger charge is 2.28. The maximum absolute atomic E-state index is 4.33. The zero-order chi connectivity index (χ0) is 10.0. The van der Waals surface area contributed by atoms with E-state index >= 15 is 0 Å². The molecule has 1 aliphatic rings. The van der Waals surface area contributed by atoms with E-state index in [1.54, 1.807) is 0 Å². The lowest BCUT2D eigenvalue weighted by atomic mass is 9.86. The van der Waals surface area contributed by atoms with Crippen LogP contribution in [0.1, 0.15) is 32.3 Å². The van der Waals surface area contributed by atoms with Crippen molar-refractivity contribution in [2.24, 2.45) is 5.10 Å². The van der Waals surface area contributed by atoms with E-state index < -0.39 is 0 Å². The van der Waals surface area contributed by atoms with Crippen molar-refractivity contribution >= 4 is 5.71 Å². The van der Waals surface area contributed by atoms with E-state index in [0.717, 1.165) is 12.8 Å². The molecule has 1 N–H and O–H groups in total. The maximum Gasteiger partial charge on any atom is 0.0772 e. The third-order valence-electron chi connectivity index (χ3n) is 2.89. The third-order valence-corrected chi connectivity index (χ3v) is 2.89. The number of benzene rings is 1. The van der Waals surface area contributed by atoms with Crippen LogP contribution in [0.3, 0.4) is 0 Å². The molecule has 2 heteroatoms. The SMILES string of the molecule is CC1=NNC(C)(c2ccccc2)CC1. The average Bonchev–Trinajstić information content (AvgIpc) is 2.24. The van der Waals surface area contributed by atoms with E-state index in [2.05, 4.69) is 48.6 Å². The van der Waals surface area contributed by atoms with Gasteiger partial charge in [0.25, 0.3) is 0 Å². The predicted octanol–water partition coefficient (Wildman–Crippen LogP) is 2.66. The topological polar surface area (TPSA) is 24.4 Å². The number of hydrazone groups is 1. The van der Waals surface area contributed by atoms with Crippen molar-refractivity contribution in [3.63, 3.8) is 0 Å². The molecule has 0 fully saturated rings. The van der Waals surface area contributed by atoms with Crippen LogP contribution in [0.25, 0.3) is 0 Å². The summed E-state index contributed by atoms with van der Waals surface area (Å²) in [5, 5.41) is 4.33. The highest BCUT2D eigenvalue weighted by atomic mass is 15.3. The van der Waals surface area contributed by atoms with Crippen LogP contribution in [0.5, 0.6) is 0 Å². The Morgan fingerprint density at radius 2 is 2.00 bits per heavy atom. The van der Waals surface area contributed by atoms with E-state index in [1.165, 1.54) is 11.3 Å². The summed E-state index contributed by atoms with van der Waals surface area (Å²) in [7, 11) is 0. The maximum atomic E-state index is 4.33. The first-order valence-corrected chi connectivity index (χ1v) is 5.07. The Hall–Kier alpha value is -1.31. The van der Waals surface area contributed by atoms with Gasteiger partial charge in [0.15, 0.2) is 0 Å². The minimum absolute atomic E-state index is 0.0147. The lowest BCUT2D eigenvalue weighted by molar-refractivity contribution is 0.338. The molecule has 1 aromatic rings. The first kappa shape index (κ1) is 9.25. The summed E-state index contributed by atoms with van der Waals surface area (Å²) in [5.74, 6) is 0. The van der Waals surface area contributed by atoms with Crippen molar-refractivity contribution in [1.29, 1.82) is 0 Å². The second-order valence-corrected chi connectivity index (χ2v) is 4.16. The number of nitrogens with one attached hydrogen (secondary N) is 1. The molecule has 14 heavy (non-hydrogen) atoms. The molecular weight excluding hydrogens is 172 g/mol. The van der Waals surface area contributed by atoms with E-state index in [1.807, 2.05) is 6.07 Å². The Morgan fingerprint density at radius 1 is 1.29 bits per heavy atom. The van der Waals surface area contributed by atoms with E-state index in [-0.39, 0.29) is 5.54 Å². The van der Waals surface area contributed by atoms with Crippen molar-refractivity contribution in [2.45, 2.75) is 32.2 Å². The quantitative estimate of drug-likeness (QED) is 0.720. The predicted molar refractivity (Wildman–Crippen MR) is 59.3 cm³/mol. The van der Waals surface area contributed by atoms with Gasteiger partial charge >= 0.3 is 0 Å². The van der Waals surface area contributed by atoms with Crippen LogP contribution in [-0.4, -0.2) is 5.71 Å². The molecule has 0 aliphatic carbocycles. The zero-order valence-electron chi connectivity index (χ0n) is 8.75. The van der Waals surface area contributed by atoms with Gasteiger partial charge in [0, 0.05) is 5.71 Å². The Morgan fingerprint density at radius 3 is 2.57 bits per heavy atom. The summed E-state index contributed by atoms with van der Waals surface area (Å²) in [5.41, 5.74) is 5.77. The third kappa shape index (κ3) is 1.65. The van der Waals surface area contributed by atoms with E-state index in [4.69, 9.17) is 0 Å². The van der Waals surface area contributed by atoms with E-state index in [9.17, 15) is 0 Å². The largest absolute Gasteiger partial charge is 0.300 e. The summed E-state index contributed by atoms with van der Waals surface area (Å²) in [6.07, 6.45) is 2.20. The molecular formula is C12H16N2. The molecule has 74 valence electrons. The molecule has 1 atom stereocenters. The Kier molecular flexibility index (Phi) is 2.28. The molecule has 0 saturated heterocycles. The minimum Gasteiger partial charge on any atom is -0.300 e. The molecule has 2 nitrogen and oxygen atoms in total. The summed E-state index contributed by atoms with van der Waals surface area (Å²) in [6.45, 7) is 4.27. The average molecular weight is 188 g/mol. The van der Waals surface area contributed by atoms with Crippen molar-refractivity contribution in [1.82, 2.24) is 5.43 Å². The van der Waals surface area contributed by atoms with Gasteiger partial charge in [0.05, 0.1) is 5.54 Å². The van der Waals surface area contributed by atoms with Gasteiger partial charge in [-0.2, -0.15) is 5.10 Å². The van der Waals surface area contributed by atoms with Crippen molar-refractivity contribution in [3.8, 4) is 0 Å². The normalized spacial score (nSPS) is 26.6. The second-order valence-electron chi connectivity index (χ2n) is 4.16. The lowest BCUT2D eigenvalue weighted by Crippen LogP contribution is -2.40. The number of hydrogen-bond acceptors (Lipinski definition) is 2. The molecule has 1 aliphatic heterocycles. The van der Waals surface area contributed by atoms with Crippen LogP contribution >= 0.6 is 0 Å². The van der Waals surface area contributed by atoms with Gasteiger partial charge in [-0.25, -0.2) is 0 Å². The molecule has 0 aromatic heterocycles. The van der Waals surface area contributed by atoms with Crippen LogP contribution < -0.4 is 5.43 Å². The van der Waals surface area contributed by atoms with Crippen LogP contribution in [0.2, 0.25) is 0 Å². The molecule has 0 amide bonds. The monoisotopic (exact) mass is 188 g/mol. The second kappa shape index (κ2) is 3.45. The summed E-state index contributed by atoms with van der Waals surface area (Å²) < 4.78 is 0. The molecule has 2 rings (SSSR count). The van der Waals surface area contributed by atoms with Gasteiger partial charge < -0.3 is 0 Å². The van der Waals surface area contributed by atoms with Crippen molar-refractivity contribution in [3.05, 3.63) is 35.9 Å². The highest BCUT2D eigenvalue weighted by Crippen LogP contribution is 2.28. The van der Waals surface area contributed by atoms with Gasteiger partial charge in [0.1, 0.15) is 0 Å². The van der Waals surface area contributed by atoms with Crippen LogP contribution in [-0.2, 0) is 5.54 Å².